The number of ether oxygens (including phenoxy) is 1. The smallest absolute Gasteiger partial charge is 0.200 e. The Labute approximate surface area is 145 Å². The van der Waals surface area contributed by atoms with Crippen molar-refractivity contribution in [2.75, 3.05) is 7.11 Å². The summed E-state index contributed by atoms with van der Waals surface area (Å²) in [6.07, 6.45) is 1.85. The number of aromatic nitrogens is 2. The standard InChI is InChI=1S/C20H15ClN2O/c1-24-20-12-16(14-6-3-2-4-7-14)11-19-22-13-18(23(19)20)15-8-5-9-17(21)10-15/h2-13H,1H3. The van der Waals surface area contributed by atoms with Crippen molar-refractivity contribution in [2.45, 2.75) is 0 Å². The van der Waals surface area contributed by atoms with Crippen LogP contribution in [0.25, 0.3) is 28.0 Å². The Balaban J connectivity index is 1.94. The number of imidazole rings is 1. The molecule has 0 N–H and O–H groups in total. The number of pyridine rings is 1. The van der Waals surface area contributed by atoms with Gasteiger partial charge in [0.15, 0.2) is 5.88 Å². The van der Waals surface area contributed by atoms with Gasteiger partial charge in [-0.25, -0.2) is 4.98 Å². The first-order valence-electron chi connectivity index (χ1n) is 7.63. The van der Waals surface area contributed by atoms with Crippen LogP contribution >= 0.6 is 11.6 Å². The Kier molecular flexibility index (Phi) is 3.71. The van der Waals surface area contributed by atoms with Gasteiger partial charge in [-0.15, -0.1) is 0 Å². The molecule has 3 nitrogen and oxygen atoms in total. The van der Waals surface area contributed by atoms with Crippen LogP contribution in [0.15, 0.2) is 72.9 Å². The van der Waals surface area contributed by atoms with E-state index in [2.05, 4.69) is 23.2 Å². The highest BCUT2D eigenvalue weighted by Gasteiger charge is 2.13. The van der Waals surface area contributed by atoms with Gasteiger partial charge in [0.25, 0.3) is 0 Å². The van der Waals surface area contributed by atoms with Gasteiger partial charge in [0.1, 0.15) is 5.65 Å². The SMILES string of the molecule is COc1cc(-c2ccccc2)cc2ncc(-c3cccc(Cl)c3)n12. The van der Waals surface area contributed by atoms with Crippen molar-refractivity contribution in [3.8, 4) is 28.3 Å². The summed E-state index contributed by atoms with van der Waals surface area (Å²) in [5, 5.41) is 0.697. The van der Waals surface area contributed by atoms with Crippen molar-refractivity contribution in [1.82, 2.24) is 9.38 Å². The van der Waals surface area contributed by atoms with Crippen molar-refractivity contribution < 1.29 is 4.74 Å². The highest BCUT2D eigenvalue weighted by Crippen LogP contribution is 2.31. The van der Waals surface area contributed by atoms with Crippen LogP contribution in [0.1, 0.15) is 0 Å². The monoisotopic (exact) mass is 334 g/mol. The molecule has 0 fully saturated rings. The number of nitrogens with zero attached hydrogens (tertiary/aromatic N) is 2. The Morgan fingerprint density at radius 3 is 2.42 bits per heavy atom. The summed E-state index contributed by atoms with van der Waals surface area (Å²) < 4.78 is 7.63. The van der Waals surface area contributed by atoms with Crippen LogP contribution in [-0.2, 0) is 0 Å². The molecule has 24 heavy (non-hydrogen) atoms. The van der Waals surface area contributed by atoms with Crippen molar-refractivity contribution in [3.05, 3.63) is 77.9 Å². The molecule has 0 unspecified atom stereocenters. The number of fused-ring (bicyclic) bond motifs is 1. The minimum atomic E-state index is 0.697. The summed E-state index contributed by atoms with van der Waals surface area (Å²) in [7, 11) is 1.67. The van der Waals surface area contributed by atoms with Crippen LogP contribution in [0.3, 0.4) is 0 Å². The van der Waals surface area contributed by atoms with Gasteiger partial charge in [0.05, 0.1) is 19.0 Å². The van der Waals surface area contributed by atoms with Crippen molar-refractivity contribution in [1.29, 1.82) is 0 Å². The molecule has 2 heterocycles. The molecule has 2 aromatic heterocycles. The van der Waals surface area contributed by atoms with E-state index in [0.29, 0.717) is 5.02 Å². The van der Waals surface area contributed by atoms with Gasteiger partial charge in [0.2, 0.25) is 0 Å². The summed E-state index contributed by atoms with van der Waals surface area (Å²) in [6.45, 7) is 0. The topological polar surface area (TPSA) is 26.5 Å². The predicted octanol–water partition coefficient (Wildman–Crippen LogP) is 5.33. The number of rotatable bonds is 3. The number of methoxy groups -OCH3 is 1. The van der Waals surface area contributed by atoms with Crippen LogP contribution < -0.4 is 4.74 Å². The van der Waals surface area contributed by atoms with E-state index in [1.165, 1.54) is 0 Å². The van der Waals surface area contributed by atoms with Crippen LogP contribution in [0.4, 0.5) is 0 Å². The minimum Gasteiger partial charge on any atom is -0.482 e. The molecule has 0 bridgehead atoms. The zero-order valence-electron chi connectivity index (χ0n) is 13.1. The van der Waals surface area contributed by atoms with Gasteiger partial charge in [-0.1, -0.05) is 54.1 Å². The van der Waals surface area contributed by atoms with Gasteiger partial charge in [-0.3, -0.25) is 4.40 Å². The van der Waals surface area contributed by atoms with Gasteiger partial charge in [-0.05, 0) is 29.3 Å². The Bertz CT molecular complexity index is 1010. The third kappa shape index (κ3) is 2.53. The van der Waals surface area contributed by atoms with E-state index in [4.69, 9.17) is 16.3 Å². The lowest BCUT2D eigenvalue weighted by molar-refractivity contribution is 0.393. The number of hydrogen-bond acceptors (Lipinski definition) is 2. The van der Waals surface area contributed by atoms with Crippen LogP contribution in [-0.4, -0.2) is 16.5 Å². The fourth-order valence-corrected chi connectivity index (χ4v) is 3.07. The lowest BCUT2D eigenvalue weighted by Gasteiger charge is -2.11. The second-order valence-electron chi connectivity index (χ2n) is 5.50. The van der Waals surface area contributed by atoms with Crippen molar-refractivity contribution >= 4 is 17.2 Å². The third-order valence-electron chi connectivity index (χ3n) is 4.01. The molecule has 0 aliphatic rings. The molecule has 0 amide bonds. The second-order valence-corrected chi connectivity index (χ2v) is 5.94. The number of benzene rings is 2. The normalized spacial score (nSPS) is 10.9. The minimum absolute atomic E-state index is 0.697. The second kappa shape index (κ2) is 6.02. The zero-order valence-corrected chi connectivity index (χ0v) is 13.9. The van der Waals surface area contributed by atoms with E-state index >= 15 is 0 Å². The number of halogens is 1. The molecular weight excluding hydrogens is 320 g/mol. The first-order valence-corrected chi connectivity index (χ1v) is 8.01. The van der Waals surface area contributed by atoms with E-state index in [9.17, 15) is 0 Å². The molecule has 0 saturated carbocycles. The lowest BCUT2D eigenvalue weighted by Crippen LogP contribution is -1.97. The maximum absolute atomic E-state index is 6.13. The van der Waals surface area contributed by atoms with Gasteiger partial charge in [0, 0.05) is 16.7 Å². The maximum Gasteiger partial charge on any atom is 0.200 e. The summed E-state index contributed by atoms with van der Waals surface area (Å²) in [5.74, 6) is 0.735. The first kappa shape index (κ1) is 14.8. The molecule has 0 radical (unpaired) electrons. The Morgan fingerprint density at radius 2 is 1.67 bits per heavy atom. The Morgan fingerprint density at radius 1 is 0.875 bits per heavy atom. The molecule has 0 spiro atoms. The highest BCUT2D eigenvalue weighted by molar-refractivity contribution is 6.30. The third-order valence-corrected chi connectivity index (χ3v) is 4.24. The van der Waals surface area contributed by atoms with E-state index in [1.54, 1.807) is 7.11 Å². The summed E-state index contributed by atoms with van der Waals surface area (Å²) in [4.78, 5) is 4.56. The quantitative estimate of drug-likeness (QED) is 0.506. The van der Waals surface area contributed by atoms with Gasteiger partial charge >= 0.3 is 0 Å². The molecule has 0 atom stereocenters. The average molecular weight is 335 g/mol. The first-order chi connectivity index (χ1) is 11.8. The fraction of sp³-hybridized carbons (Fsp3) is 0.0500. The fourth-order valence-electron chi connectivity index (χ4n) is 2.88. The molecule has 118 valence electrons. The summed E-state index contributed by atoms with van der Waals surface area (Å²) >= 11 is 6.13. The lowest BCUT2D eigenvalue weighted by atomic mass is 10.1. The van der Waals surface area contributed by atoms with E-state index < -0.39 is 0 Å². The molecule has 2 aromatic carbocycles. The summed E-state index contributed by atoms with van der Waals surface area (Å²) in [5.41, 5.74) is 4.99. The summed E-state index contributed by atoms with van der Waals surface area (Å²) in [6, 6.07) is 22.0. The van der Waals surface area contributed by atoms with Crippen LogP contribution in [0.5, 0.6) is 5.88 Å². The molecule has 4 aromatic rings. The van der Waals surface area contributed by atoms with Crippen LogP contribution in [0, 0.1) is 0 Å². The maximum atomic E-state index is 6.13. The molecular formula is C20H15ClN2O. The van der Waals surface area contributed by atoms with Crippen molar-refractivity contribution in [2.24, 2.45) is 0 Å². The molecule has 0 aliphatic carbocycles. The molecule has 0 aliphatic heterocycles. The largest absolute Gasteiger partial charge is 0.482 e. The van der Waals surface area contributed by atoms with E-state index in [0.717, 1.165) is 33.9 Å². The van der Waals surface area contributed by atoms with E-state index in [-0.39, 0.29) is 0 Å². The highest BCUT2D eigenvalue weighted by atomic mass is 35.5. The molecule has 0 saturated heterocycles. The van der Waals surface area contributed by atoms with Gasteiger partial charge < -0.3 is 4.74 Å². The van der Waals surface area contributed by atoms with Gasteiger partial charge in [-0.2, -0.15) is 0 Å². The number of hydrogen-bond donors (Lipinski definition) is 0. The van der Waals surface area contributed by atoms with Crippen LogP contribution in [0.2, 0.25) is 5.02 Å². The van der Waals surface area contributed by atoms with E-state index in [1.807, 2.05) is 59.1 Å². The van der Waals surface area contributed by atoms with Crippen molar-refractivity contribution in [3.63, 3.8) is 0 Å². The molecule has 4 rings (SSSR count). The Hall–Kier alpha value is -2.78. The average Bonchev–Trinajstić information content (AvgIpc) is 3.06. The molecule has 4 heteroatoms. The predicted molar refractivity (Wildman–Crippen MR) is 97.6 cm³/mol. The zero-order chi connectivity index (χ0) is 16.5.